The Morgan fingerprint density at radius 3 is 2.59 bits per heavy atom. The number of piperidine rings is 1. The topological polar surface area (TPSA) is 61.8 Å². The number of benzene rings is 1. The van der Waals surface area contributed by atoms with Gasteiger partial charge in [0.15, 0.2) is 0 Å². The molecule has 152 valence electrons. The van der Waals surface area contributed by atoms with Crippen molar-refractivity contribution in [3.05, 3.63) is 29.8 Å². The minimum Gasteiger partial charge on any atom is -0.497 e. The molecule has 0 aromatic heterocycles. The Hall–Kier alpha value is -1.80. The van der Waals surface area contributed by atoms with Crippen LogP contribution in [0.2, 0.25) is 0 Å². The number of alkyl halides is 3. The van der Waals surface area contributed by atoms with Crippen LogP contribution in [-0.4, -0.2) is 55.9 Å². The third kappa shape index (κ3) is 4.93. The molecular formula is C19H27F3N2O3. The van der Waals surface area contributed by atoms with Gasteiger partial charge in [0.25, 0.3) is 11.5 Å². The van der Waals surface area contributed by atoms with E-state index in [4.69, 9.17) is 4.74 Å². The van der Waals surface area contributed by atoms with Crippen LogP contribution in [0.3, 0.4) is 0 Å². The third-order valence-corrected chi connectivity index (χ3v) is 5.12. The van der Waals surface area contributed by atoms with Crippen LogP contribution in [0.4, 0.5) is 13.2 Å². The van der Waals surface area contributed by atoms with Crippen LogP contribution >= 0.6 is 0 Å². The van der Waals surface area contributed by atoms with Crippen LogP contribution in [0.5, 0.6) is 5.75 Å². The fourth-order valence-corrected chi connectivity index (χ4v) is 3.42. The molecule has 1 aromatic rings. The molecule has 27 heavy (non-hydrogen) atoms. The molecule has 0 saturated carbocycles. The fraction of sp³-hybridized carbons (Fsp3) is 0.632. The summed E-state index contributed by atoms with van der Waals surface area (Å²) in [4.78, 5) is 13.6. The minimum absolute atomic E-state index is 0.136. The second kappa shape index (κ2) is 8.93. The van der Waals surface area contributed by atoms with Gasteiger partial charge in [-0.3, -0.25) is 4.79 Å². The van der Waals surface area contributed by atoms with Gasteiger partial charge in [0.1, 0.15) is 5.75 Å². The van der Waals surface area contributed by atoms with Gasteiger partial charge in [-0.1, -0.05) is 12.1 Å². The molecule has 0 spiro atoms. The second-order valence-electron chi connectivity index (χ2n) is 7.00. The van der Waals surface area contributed by atoms with Crippen LogP contribution in [0, 0.1) is 5.92 Å². The number of hydrogen-bond acceptors (Lipinski definition) is 4. The first-order valence-electron chi connectivity index (χ1n) is 9.10. The summed E-state index contributed by atoms with van der Waals surface area (Å²) in [5.74, 6) is -0.722. The number of hydrogen-bond donors (Lipinski definition) is 2. The lowest BCUT2D eigenvalue weighted by Crippen LogP contribution is -2.55. The minimum atomic E-state index is -5.15. The molecule has 1 atom stereocenters. The van der Waals surface area contributed by atoms with Crippen molar-refractivity contribution in [2.24, 2.45) is 5.92 Å². The van der Waals surface area contributed by atoms with Crippen molar-refractivity contribution >= 4 is 5.91 Å². The normalized spacial score (nSPS) is 18.0. The van der Waals surface area contributed by atoms with E-state index in [1.807, 2.05) is 0 Å². The Kier molecular flexibility index (Phi) is 7.11. The van der Waals surface area contributed by atoms with E-state index in [9.17, 15) is 23.1 Å². The maximum absolute atomic E-state index is 13.7. The Morgan fingerprint density at radius 2 is 2.00 bits per heavy atom. The van der Waals surface area contributed by atoms with E-state index in [2.05, 4.69) is 5.32 Å². The molecule has 8 heteroatoms. The molecule has 1 saturated heterocycles. The number of methoxy groups -OCH3 is 1. The first-order valence-corrected chi connectivity index (χ1v) is 9.10. The summed E-state index contributed by atoms with van der Waals surface area (Å²) in [6.45, 7) is 2.05. The molecule has 1 aliphatic heterocycles. The number of amides is 1. The molecule has 0 radical (unpaired) electrons. The smallest absolute Gasteiger partial charge is 0.430 e. The van der Waals surface area contributed by atoms with Crippen LogP contribution in [-0.2, 0) is 10.4 Å². The number of nitrogens with one attached hydrogen (secondary N) is 1. The van der Waals surface area contributed by atoms with Gasteiger partial charge in [-0.2, -0.15) is 13.2 Å². The van der Waals surface area contributed by atoms with E-state index in [0.29, 0.717) is 12.3 Å². The highest BCUT2D eigenvalue weighted by Gasteiger charge is 2.61. The van der Waals surface area contributed by atoms with Crippen molar-refractivity contribution in [1.82, 2.24) is 10.2 Å². The number of rotatable bonds is 7. The first kappa shape index (κ1) is 21.5. The Balaban J connectivity index is 2.11. The predicted molar refractivity (Wildman–Crippen MR) is 95.4 cm³/mol. The van der Waals surface area contributed by atoms with E-state index >= 15 is 0 Å². The van der Waals surface area contributed by atoms with Crippen molar-refractivity contribution in [1.29, 1.82) is 0 Å². The largest absolute Gasteiger partial charge is 0.497 e. The summed E-state index contributed by atoms with van der Waals surface area (Å²) in [5, 5.41) is 13.7. The van der Waals surface area contributed by atoms with Gasteiger partial charge in [-0.15, -0.1) is 0 Å². The van der Waals surface area contributed by atoms with Crippen molar-refractivity contribution < 1.29 is 27.8 Å². The summed E-state index contributed by atoms with van der Waals surface area (Å²) < 4.78 is 46.0. The molecule has 5 nitrogen and oxygen atoms in total. The highest BCUT2D eigenvalue weighted by Crippen LogP contribution is 2.41. The molecule has 1 fully saturated rings. The monoisotopic (exact) mass is 388 g/mol. The Labute approximate surface area is 157 Å². The van der Waals surface area contributed by atoms with Crippen LogP contribution in [0.1, 0.15) is 31.2 Å². The zero-order chi connectivity index (χ0) is 20.1. The number of carbonyl (C=O) groups excluding carboxylic acids is 1. The Morgan fingerprint density at radius 1 is 1.33 bits per heavy atom. The summed E-state index contributed by atoms with van der Waals surface area (Å²) >= 11 is 0. The second-order valence-corrected chi connectivity index (χ2v) is 7.00. The number of ether oxygens (including phenoxy) is 1. The number of carbonyl (C=O) groups is 1. The van der Waals surface area contributed by atoms with Crippen molar-refractivity contribution in [3.63, 3.8) is 0 Å². The molecular weight excluding hydrogens is 361 g/mol. The number of likely N-dealkylation sites (N-methyl/N-ethyl adjacent to an activating group) is 1. The molecule has 1 aliphatic rings. The number of nitrogens with zero attached hydrogens (tertiary/aromatic N) is 1. The molecule has 0 unspecified atom stereocenters. The van der Waals surface area contributed by atoms with Gasteiger partial charge in [-0.25, -0.2) is 0 Å². The lowest BCUT2D eigenvalue weighted by atomic mass is 9.90. The third-order valence-electron chi connectivity index (χ3n) is 5.12. The molecule has 0 bridgehead atoms. The van der Waals surface area contributed by atoms with E-state index in [1.165, 1.54) is 26.3 Å². The highest BCUT2D eigenvalue weighted by molar-refractivity contribution is 5.87. The molecule has 2 N–H and O–H groups in total. The predicted octanol–water partition coefficient (Wildman–Crippen LogP) is 2.68. The molecule has 2 rings (SSSR count). The standard InChI is InChI=1S/C19H27F3N2O3/c1-24(12-4-5-14-8-10-23-11-9-14)17(25)18(26,19(20,21)22)15-6-3-7-16(13-15)27-2/h3,6-7,13-14,23,26H,4-5,8-12H2,1-2H3/t18-/m1/s1. The van der Waals surface area contributed by atoms with Crippen molar-refractivity contribution in [3.8, 4) is 5.75 Å². The molecule has 1 heterocycles. The van der Waals surface area contributed by atoms with Gasteiger partial charge >= 0.3 is 6.18 Å². The van der Waals surface area contributed by atoms with E-state index in [0.717, 1.165) is 49.4 Å². The first-order chi connectivity index (χ1) is 12.7. The van der Waals surface area contributed by atoms with E-state index in [-0.39, 0.29) is 12.3 Å². The van der Waals surface area contributed by atoms with Crippen molar-refractivity contribution in [2.75, 3.05) is 33.8 Å². The molecule has 0 aliphatic carbocycles. The van der Waals surface area contributed by atoms with Crippen LogP contribution in [0.25, 0.3) is 0 Å². The van der Waals surface area contributed by atoms with Crippen molar-refractivity contribution in [2.45, 2.75) is 37.5 Å². The number of aliphatic hydroxyl groups is 1. The fourth-order valence-electron chi connectivity index (χ4n) is 3.42. The summed E-state index contributed by atoms with van der Waals surface area (Å²) in [7, 11) is 2.60. The van der Waals surface area contributed by atoms with E-state index < -0.39 is 23.2 Å². The summed E-state index contributed by atoms with van der Waals surface area (Å²) in [6.07, 6.45) is -1.64. The zero-order valence-electron chi connectivity index (χ0n) is 15.7. The summed E-state index contributed by atoms with van der Waals surface area (Å²) in [6, 6.07) is 4.88. The van der Waals surface area contributed by atoms with Crippen LogP contribution in [0.15, 0.2) is 24.3 Å². The lowest BCUT2D eigenvalue weighted by molar-refractivity contribution is -0.261. The quantitative estimate of drug-likeness (QED) is 0.754. The van der Waals surface area contributed by atoms with Gasteiger partial charge in [0.2, 0.25) is 0 Å². The average Bonchev–Trinajstić information content (AvgIpc) is 2.66. The maximum atomic E-state index is 13.7. The van der Waals surface area contributed by atoms with Gasteiger partial charge in [0.05, 0.1) is 7.11 Å². The highest BCUT2D eigenvalue weighted by atomic mass is 19.4. The molecule has 1 amide bonds. The summed E-state index contributed by atoms with van der Waals surface area (Å²) in [5.41, 5.74) is -4.16. The van der Waals surface area contributed by atoms with E-state index in [1.54, 1.807) is 0 Å². The SMILES string of the molecule is COc1cccc([C@@](O)(C(=O)N(C)CCCC2CCNCC2)C(F)(F)F)c1. The zero-order valence-corrected chi connectivity index (χ0v) is 15.7. The molecule has 1 aromatic carbocycles. The average molecular weight is 388 g/mol. The van der Waals surface area contributed by atoms with Gasteiger partial charge in [-0.05, 0) is 56.8 Å². The number of halogens is 3. The van der Waals surface area contributed by atoms with Gasteiger partial charge in [0, 0.05) is 19.2 Å². The Bertz CT molecular complexity index is 633. The lowest BCUT2D eigenvalue weighted by Gasteiger charge is -2.33. The van der Waals surface area contributed by atoms with Gasteiger partial charge < -0.3 is 20.1 Å². The van der Waals surface area contributed by atoms with Crippen LogP contribution < -0.4 is 10.1 Å². The maximum Gasteiger partial charge on any atom is 0.430 e.